The second kappa shape index (κ2) is 4.26. The highest BCUT2D eigenvalue weighted by molar-refractivity contribution is 7.80. The highest BCUT2D eigenvalue weighted by atomic mass is 32.1. The smallest absolute Gasteiger partial charge is 0.293 e. The zero-order valence-electron chi connectivity index (χ0n) is 6.97. The molecular weight excluding hydrogens is 208 g/mol. The molecule has 4 nitrogen and oxygen atoms in total. The molecule has 1 aromatic heterocycles. The fraction of sp³-hybridized carbons (Fsp3) is 0.714. The Balaban J connectivity index is 1.78. The van der Waals surface area contributed by atoms with Crippen molar-refractivity contribution in [2.45, 2.75) is 11.6 Å². The van der Waals surface area contributed by atoms with Crippen LogP contribution in [0.25, 0.3) is 0 Å². The Morgan fingerprint density at radius 1 is 1.69 bits per heavy atom. The molecule has 0 radical (unpaired) electrons. The third-order valence-corrected chi connectivity index (χ3v) is 2.83. The molecule has 1 saturated heterocycles. The zero-order valence-corrected chi connectivity index (χ0v) is 8.68. The molecule has 0 aromatic carbocycles. The lowest BCUT2D eigenvalue weighted by atomic mass is 10.1. The lowest BCUT2D eigenvalue weighted by molar-refractivity contribution is 0.167. The van der Waals surface area contributed by atoms with Gasteiger partial charge in [-0.05, 0) is 6.42 Å². The van der Waals surface area contributed by atoms with E-state index >= 15 is 0 Å². The largest absolute Gasteiger partial charge is 0.469 e. The number of nitrogens with zero attached hydrogens (tertiary/aromatic N) is 2. The second-order valence-corrected chi connectivity index (χ2v) is 4.02. The third kappa shape index (κ3) is 2.55. The average molecular weight is 218 g/mol. The Kier molecular flexibility index (Phi) is 3.02. The summed E-state index contributed by atoms with van der Waals surface area (Å²) in [5, 5.41) is 1.07. The molecule has 1 atom stereocenters. The van der Waals surface area contributed by atoms with Crippen LogP contribution in [0.15, 0.2) is 5.16 Å². The van der Waals surface area contributed by atoms with Crippen molar-refractivity contribution in [3.8, 4) is 5.19 Å². The van der Waals surface area contributed by atoms with E-state index in [1.54, 1.807) is 0 Å². The van der Waals surface area contributed by atoms with E-state index in [-0.39, 0.29) is 0 Å². The van der Waals surface area contributed by atoms with E-state index in [4.69, 9.17) is 9.47 Å². The molecule has 0 N–H and O–H groups in total. The Labute approximate surface area is 85.9 Å². The zero-order chi connectivity index (χ0) is 9.10. The lowest BCUT2D eigenvalue weighted by Gasteiger charge is -2.05. The van der Waals surface area contributed by atoms with Crippen LogP contribution in [0.4, 0.5) is 0 Å². The van der Waals surface area contributed by atoms with Gasteiger partial charge in [-0.2, -0.15) is 9.36 Å². The lowest BCUT2D eigenvalue weighted by Crippen LogP contribution is -2.11. The number of hydrogen-bond donors (Lipinski definition) is 1. The standard InChI is InChI=1S/C7H10N2O2S2/c12-6-8-7(13-9-6)11-4-5-1-2-10-3-5/h5H,1-4H2,(H,9,12). The minimum Gasteiger partial charge on any atom is -0.469 e. The molecule has 1 aliphatic rings. The molecule has 0 saturated carbocycles. The van der Waals surface area contributed by atoms with Crippen LogP contribution in [0.3, 0.4) is 0 Å². The summed E-state index contributed by atoms with van der Waals surface area (Å²) >= 11 is 5.22. The molecule has 1 unspecified atom stereocenters. The molecule has 6 heteroatoms. The van der Waals surface area contributed by atoms with Gasteiger partial charge in [0.15, 0.2) is 0 Å². The Morgan fingerprint density at radius 2 is 2.62 bits per heavy atom. The monoisotopic (exact) mass is 218 g/mol. The Hall–Kier alpha value is -0.330. The molecule has 0 spiro atoms. The number of rotatable bonds is 3. The van der Waals surface area contributed by atoms with Crippen LogP contribution >= 0.6 is 24.2 Å². The summed E-state index contributed by atoms with van der Waals surface area (Å²) in [4.78, 5) is 3.98. The molecule has 13 heavy (non-hydrogen) atoms. The van der Waals surface area contributed by atoms with Gasteiger partial charge in [0, 0.05) is 24.1 Å². The van der Waals surface area contributed by atoms with E-state index in [1.807, 2.05) is 0 Å². The van der Waals surface area contributed by atoms with E-state index < -0.39 is 0 Å². The van der Waals surface area contributed by atoms with Crippen LogP contribution < -0.4 is 4.74 Å². The highest BCUT2D eigenvalue weighted by Gasteiger charge is 2.16. The summed E-state index contributed by atoms with van der Waals surface area (Å²) in [6, 6.07) is 0. The molecule has 2 rings (SSSR count). The van der Waals surface area contributed by atoms with Crippen molar-refractivity contribution in [2.75, 3.05) is 19.8 Å². The first-order chi connectivity index (χ1) is 6.34. The van der Waals surface area contributed by atoms with Crippen LogP contribution in [-0.4, -0.2) is 29.2 Å². The van der Waals surface area contributed by atoms with E-state index in [0.29, 0.717) is 22.9 Å². The van der Waals surface area contributed by atoms with Gasteiger partial charge in [-0.1, -0.05) is 0 Å². The molecule has 1 aromatic rings. The molecule has 1 aliphatic heterocycles. The first kappa shape index (κ1) is 9.23. The summed E-state index contributed by atoms with van der Waals surface area (Å²) in [7, 11) is 0. The first-order valence-corrected chi connectivity index (χ1v) is 5.30. The van der Waals surface area contributed by atoms with E-state index in [0.717, 1.165) is 19.6 Å². The van der Waals surface area contributed by atoms with Gasteiger partial charge < -0.3 is 9.47 Å². The van der Waals surface area contributed by atoms with Crippen molar-refractivity contribution >= 4 is 24.2 Å². The summed E-state index contributed by atoms with van der Waals surface area (Å²) in [5.41, 5.74) is 0. The van der Waals surface area contributed by atoms with Crippen LogP contribution in [0.2, 0.25) is 0 Å². The average Bonchev–Trinajstić information content (AvgIpc) is 2.71. The molecule has 2 heterocycles. The quantitative estimate of drug-likeness (QED) is 0.775. The number of thiol groups is 1. The molecule has 0 aliphatic carbocycles. The minimum absolute atomic E-state index is 0.475. The summed E-state index contributed by atoms with van der Waals surface area (Å²) < 4.78 is 14.6. The van der Waals surface area contributed by atoms with Gasteiger partial charge in [-0.15, -0.1) is 12.6 Å². The van der Waals surface area contributed by atoms with Gasteiger partial charge >= 0.3 is 0 Å². The van der Waals surface area contributed by atoms with Crippen molar-refractivity contribution in [3.05, 3.63) is 0 Å². The van der Waals surface area contributed by atoms with Gasteiger partial charge in [0.1, 0.15) is 0 Å². The normalized spacial score (nSPS) is 22.1. The minimum atomic E-state index is 0.475. The number of hydrogen-bond acceptors (Lipinski definition) is 6. The summed E-state index contributed by atoms with van der Waals surface area (Å²) in [6.07, 6.45) is 1.08. The SMILES string of the molecule is Sc1nsc(OCC2CCOC2)n1. The van der Waals surface area contributed by atoms with Gasteiger partial charge in [0.05, 0.1) is 13.2 Å². The summed E-state index contributed by atoms with van der Waals surface area (Å²) in [6.45, 7) is 2.32. The van der Waals surface area contributed by atoms with Crippen LogP contribution in [-0.2, 0) is 4.74 Å². The van der Waals surface area contributed by atoms with Gasteiger partial charge in [-0.25, -0.2) is 0 Å². The van der Waals surface area contributed by atoms with E-state index in [1.165, 1.54) is 11.5 Å². The predicted octanol–water partition coefficient (Wildman–Crippen LogP) is 1.24. The molecule has 1 fully saturated rings. The van der Waals surface area contributed by atoms with Crippen molar-refractivity contribution in [1.82, 2.24) is 9.36 Å². The number of ether oxygens (including phenoxy) is 2. The van der Waals surface area contributed by atoms with Gasteiger partial charge in [0.2, 0.25) is 5.16 Å². The van der Waals surface area contributed by atoms with Crippen molar-refractivity contribution < 1.29 is 9.47 Å². The van der Waals surface area contributed by atoms with Crippen molar-refractivity contribution in [2.24, 2.45) is 5.92 Å². The van der Waals surface area contributed by atoms with Crippen molar-refractivity contribution in [3.63, 3.8) is 0 Å². The van der Waals surface area contributed by atoms with Crippen molar-refractivity contribution in [1.29, 1.82) is 0 Å². The third-order valence-electron chi connectivity index (χ3n) is 1.86. The fourth-order valence-corrected chi connectivity index (χ4v) is 1.89. The first-order valence-electron chi connectivity index (χ1n) is 4.08. The predicted molar refractivity (Wildman–Crippen MR) is 51.6 cm³/mol. The molecule has 0 amide bonds. The van der Waals surface area contributed by atoms with Crippen LogP contribution in [0, 0.1) is 5.92 Å². The maximum absolute atomic E-state index is 5.43. The van der Waals surface area contributed by atoms with Gasteiger partial charge in [-0.3, -0.25) is 0 Å². The maximum atomic E-state index is 5.43. The fourth-order valence-electron chi connectivity index (χ4n) is 1.16. The molecule has 72 valence electrons. The maximum Gasteiger partial charge on any atom is 0.293 e. The number of aromatic nitrogens is 2. The van der Waals surface area contributed by atoms with E-state index in [2.05, 4.69) is 22.0 Å². The van der Waals surface area contributed by atoms with Crippen LogP contribution in [0.1, 0.15) is 6.42 Å². The highest BCUT2D eigenvalue weighted by Crippen LogP contribution is 2.19. The molecule has 0 bridgehead atoms. The molecular formula is C7H10N2O2S2. The van der Waals surface area contributed by atoms with Gasteiger partial charge in [0.25, 0.3) is 5.19 Å². The Morgan fingerprint density at radius 3 is 3.23 bits per heavy atom. The second-order valence-electron chi connectivity index (χ2n) is 2.90. The Bertz CT molecular complexity index is 273. The van der Waals surface area contributed by atoms with Crippen LogP contribution in [0.5, 0.6) is 5.19 Å². The van der Waals surface area contributed by atoms with E-state index in [9.17, 15) is 0 Å². The topological polar surface area (TPSA) is 44.2 Å². The summed E-state index contributed by atoms with van der Waals surface area (Å²) in [5.74, 6) is 0.507.